The lowest BCUT2D eigenvalue weighted by Crippen LogP contribution is -2.00. The van der Waals surface area contributed by atoms with Crippen LogP contribution in [0.25, 0.3) is 10.1 Å². The molecule has 0 radical (unpaired) electrons. The standard InChI is InChI=1S/C12H12O3S/c1-2-15-7-9-8-5-3-4-6-10(8)16-11(9)12(13)14/h3-6H,2,7H2,1H3,(H,13,14). The van der Waals surface area contributed by atoms with Crippen LogP contribution in [0.2, 0.25) is 0 Å². The van der Waals surface area contributed by atoms with Gasteiger partial charge in [0.2, 0.25) is 0 Å². The summed E-state index contributed by atoms with van der Waals surface area (Å²) in [4.78, 5) is 11.5. The number of hydrogen-bond donors (Lipinski definition) is 1. The van der Waals surface area contributed by atoms with Crippen LogP contribution in [0.3, 0.4) is 0 Å². The highest BCUT2D eigenvalue weighted by Gasteiger charge is 2.16. The Morgan fingerprint density at radius 2 is 2.19 bits per heavy atom. The van der Waals surface area contributed by atoms with Crippen LogP contribution in [0.5, 0.6) is 0 Å². The van der Waals surface area contributed by atoms with Crippen molar-refractivity contribution >= 4 is 27.4 Å². The number of hydrogen-bond acceptors (Lipinski definition) is 3. The van der Waals surface area contributed by atoms with Gasteiger partial charge in [-0.05, 0) is 18.4 Å². The molecule has 0 aliphatic carbocycles. The van der Waals surface area contributed by atoms with E-state index in [2.05, 4.69) is 0 Å². The highest BCUT2D eigenvalue weighted by atomic mass is 32.1. The first-order valence-electron chi connectivity index (χ1n) is 5.05. The van der Waals surface area contributed by atoms with Crippen molar-refractivity contribution in [3.8, 4) is 0 Å². The number of fused-ring (bicyclic) bond motifs is 1. The Kier molecular flexibility index (Phi) is 3.22. The number of carboxylic acid groups (broad SMARTS) is 1. The van der Waals surface area contributed by atoms with Gasteiger partial charge in [-0.25, -0.2) is 4.79 Å². The summed E-state index contributed by atoms with van der Waals surface area (Å²) in [5, 5.41) is 10.1. The number of carboxylic acids is 1. The van der Waals surface area contributed by atoms with Crippen molar-refractivity contribution in [1.82, 2.24) is 0 Å². The molecule has 0 fully saturated rings. The topological polar surface area (TPSA) is 46.5 Å². The van der Waals surface area contributed by atoms with E-state index in [1.54, 1.807) is 0 Å². The van der Waals surface area contributed by atoms with E-state index in [0.717, 1.165) is 15.6 Å². The Balaban J connectivity index is 2.55. The van der Waals surface area contributed by atoms with E-state index < -0.39 is 5.97 Å². The minimum atomic E-state index is -0.879. The minimum absolute atomic E-state index is 0.363. The molecule has 3 nitrogen and oxygen atoms in total. The number of benzene rings is 1. The summed E-state index contributed by atoms with van der Waals surface area (Å²) in [6, 6.07) is 7.69. The molecule has 2 aromatic rings. The van der Waals surface area contributed by atoms with Gasteiger partial charge in [-0.3, -0.25) is 0 Å². The Morgan fingerprint density at radius 1 is 1.44 bits per heavy atom. The Bertz CT molecular complexity index is 516. The van der Waals surface area contributed by atoms with Crippen LogP contribution in [0.1, 0.15) is 22.2 Å². The molecule has 1 aromatic heterocycles. The molecule has 1 heterocycles. The van der Waals surface area contributed by atoms with Crippen molar-refractivity contribution in [2.75, 3.05) is 6.61 Å². The monoisotopic (exact) mass is 236 g/mol. The number of carbonyl (C=O) groups is 1. The maximum atomic E-state index is 11.1. The molecular formula is C12H12O3S. The van der Waals surface area contributed by atoms with Crippen molar-refractivity contribution in [3.63, 3.8) is 0 Å². The van der Waals surface area contributed by atoms with Gasteiger partial charge >= 0.3 is 5.97 Å². The van der Waals surface area contributed by atoms with Gasteiger partial charge in [-0.2, -0.15) is 0 Å². The molecule has 4 heteroatoms. The van der Waals surface area contributed by atoms with E-state index in [9.17, 15) is 4.79 Å². The van der Waals surface area contributed by atoms with Crippen LogP contribution in [-0.2, 0) is 11.3 Å². The molecule has 16 heavy (non-hydrogen) atoms. The van der Waals surface area contributed by atoms with Gasteiger partial charge in [0.05, 0.1) is 6.61 Å². The van der Waals surface area contributed by atoms with Crippen molar-refractivity contribution in [2.24, 2.45) is 0 Å². The molecule has 0 unspecified atom stereocenters. The van der Waals surface area contributed by atoms with Crippen molar-refractivity contribution in [2.45, 2.75) is 13.5 Å². The van der Waals surface area contributed by atoms with Gasteiger partial charge in [0.15, 0.2) is 0 Å². The summed E-state index contributed by atoms with van der Waals surface area (Å²) in [6.07, 6.45) is 0. The van der Waals surface area contributed by atoms with E-state index in [-0.39, 0.29) is 0 Å². The normalized spacial score (nSPS) is 10.8. The first-order valence-corrected chi connectivity index (χ1v) is 5.87. The molecule has 2 rings (SSSR count). The smallest absolute Gasteiger partial charge is 0.346 e. The van der Waals surface area contributed by atoms with Gasteiger partial charge in [0, 0.05) is 16.9 Å². The zero-order chi connectivity index (χ0) is 11.5. The second-order valence-corrected chi connectivity index (χ2v) is 4.40. The Labute approximate surface area is 97.3 Å². The second-order valence-electron chi connectivity index (χ2n) is 3.35. The number of rotatable bonds is 4. The van der Waals surface area contributed by atoms with Crippen LogP contribution in [0.4, 0.5) is 0 Å². The molecule has 0 bridgehead atoms. The molecule has 0 saturated heterocycles. The minimum Gasteiger partial charge on any atom is -0.477 e. The maximum absolute atomic E-state index is 11.1. The van der Waals surface area contributed by atoms with Crippen molar-refractivity contribution in [3.05, 3.63) is 34.7 Å². The maximum Gasteiger partial charge on any atom is 0.346 e. The highest BCUT2D eigenvalue weighted by Crippen LogP contribution is 2.31. The van der Waals surface area contributed by atoms with Crippen LogP contribution >= 0.6 is 11.3 Å². The fraction of sp³-hybridized carbons (Fsp3) is 0.250. The molecule has 0 amide bonds. The third kappa shape index (κ3) is 1.94. The third-order valence-corrected chi connectivity index (χ3v) is 3.54. The second kappa shape index (κ2) is 4.63. The highest BCUT2D eigenvalue weighted by molar-refractivity contribution is 7.21. The summed E-state index contributed by atoms with van der Waals surface area (Å²) >= 11 is 1.30. The van der Waals surface area contributed by atoms with Gasteiger partial charge < -0.3 is 9.84 Å². The van der Waals surface area contributed by atoms with Crippen molar-refractivity contribution in [1.29, 1.82) is 0 Å². The predicted octanol–water partition coefficient (Wildman–Crippen LogP) is 3.14. The van der Waals surface area contributed by atoms with E-state index >= 15 is 0 Å². The number of thiophene rings is 1. The van der Waals surface area contributed by atoms with Gasteiger partial charge in [0.1, 0.15) is 4.88 Å². The number of ether oxygens (including phenoxy) is 1. The SMILES string of the molecule is CCOCc1c(C(=O)O)sc2ccccc12. The molecule has 0 spiro atoms. The fourth-order valence-electron chi connectivity index (χ4n) is 1.62. The first-order chi connectivity index (χ1) is 7.74. The average molecular weight is 236 g/mol. The quantitative estimate of drug-likeness (QED) is 0.887. The van der Waals surface area contributed by atoms with Crippen LogP contribution in [0, 0.1) is 0 Å². The summed E-state index contributed by atoms with van der Waals surface area (Å²) in [5.41, 5.74) is 0.787. The van der Waals surface area contributed by atoms with Gasteiger partial charge in [-0.1, -0.05) is 18.2 Å². The largest absolute Gasteiger partial charge is 0.477 e. The lowest BCUT2D eigenvalue weighted by atomic mass is 10.1. The van der Waals surface area contributed by atoms with E-state index in [0.29, 0.717) is 18.1 Å². The average Bonchev–Trinajstić information content (AvgIpc) is 2.65. The summed E-state index contributed by atoms with van der Waals surface area (Å²) in [5.74, 6) is -0.879. The molecule has 1 N–H and O–H groups in total. The fourth-order valence-corrected chi connectivity index (χ4v) is 2.67. The third-order valence-electron chi connectivity index (χ3n) is 2.34. The summed E-state index contributed by atoms with van der Waals surface area (Å²) < 4.78 is 6.32. The van der Waals surface area contributed by atoms with Crippen molar-refractivity contribution < 1.29 is 14.6 Å². The van der Waals surface area contributed by atoms with Gasteiger partial charge in [-0.15, -0.1) is 11.3 Å². The van der Waals surface area contributed by atoms with Crippen LogP contribution in [0.15, 0.2) is 24.3 Å². The molecule has 0 aliphatic heterocycles. The lowest BCUT2D eigenvalue weighted by Gasteiger charge is -2.01. The number of aromatic carboxylic acids is 1. The Morgan fingerprint density at radius 3 is 2.88 bits per heavy atom. The zero-order valence-electron chi connectivity index (χ0n) is 8.90. The molecule has 84 valence electrons. The Hall–Kier alpha value is -1.39. The van der Waals surface area contributed by atoms with Crippen LogP contribution in [-0.4, -0.2) is 17.7 Å². The molecular weight excluding hydrogens is 224 g/mol. The first kappa shape index (κ1) is 11.1. The van der Waals surface area contributed by atoms with E-state index in [1.807, 2.05) is 31.2 Å². The molecule has 0 aliphatic rings. The van der Waals surface area contributed by atoms with Gasteiger partial charge in [0.25, 0.3) is 0 Å². The predicted molar refractivity (Wildman–Crippen MR) is 64.1 cm³/mol. The zero-order valence-corrected chi connectivity index (χ0v) is 9.71. The lowest BCUT2D eigenvalue weighted by molar-refractivity contribution is 0.0695. The van der Waals surface area contributed by atoms with E-state index in [4.69, 9.17) is 9.84 Å². The van der Waals surface area contributed by atoms with Crippen LogP contribution < -0.4 is 0 Å². The van der Waals surface area contributed by atoms with E-state index in [1.165, 1.54) is 11.3 Å². The molecule has 0 atom stereocenters. The molecule has 0 saturated carbocycles. The summed E-state index contributed by atoms with van der Waals surface area (Å²) in [7, 11) is 0. The molecule has 1 aromatic carbocycles. The summed E-state index contributed by atoms with van der Waals surface area (Å²) in [6.45, 7) is 2.85.